The minimum atomic E-state index is -0.875. The van der Waals surface area contributed by atoms with Crippen molar-refractivity contribution in [2.45, 2.75) is 18.8 Å². The van der Waals surface area contributed by atoms with Crippen molar-refractivity contribution in [3.63, 3.8) is 0 Å². The van der Waals surface area contributed by atoms with Gasteiger partial charge in [-0.15, -0.1) is 0 Å². The van der Waals surface area contributed by atoms with Crippen molar-refractivity contribution in [2.75, 3.05) is 25.5 Å². The molecule has 1 saturated heterocycles. The maximum atomic E-state index is 11.2. The first-order valence-electron chi connectivity index (χ1n) is 5.98. The van der Waals surface area contributed by atoms with Crippen molar-refractivity contribution in [2.24, 2.45) is 0 Å². The number of aromatic carboxylic acids is 1. The van der Waals surface area contributed by atoms with Crippen molar-refractivity contribution < 1.29 is 9.90 Å². The Hall–Kier alpha value is -1.55. The van der Waals surface area contributed by atoms with Crippen LogP contribution in [0.3, 0.4) is 0 Å². The molecule has 4 heteroatoms. The van der Waals surface area contributed by atoms with Gasteiger partial charge in [0.15, 0.2) is 0 Å². The van der Waals surface area contributed by atoms with Gasteiger partial charge in [-0.25, -0.2) is 4.79 Å². The summed E-state index contributed by atoms with van der Waals surface area (Å²) in [6, 6.07) is 5.50. The maximum absolute atomic E-state index is 11.2. The van der Waals surface area contributed by atoms with Gasteiger partial charge in [0.05, 0.1) is 11.3 Å². The molecule has 1 heterocycles. The van der Waals surface area contributed by atoms with E-state index >= 15 is 0 Å². The fraction of sp³-hybridized carbons (Fsp3) is 0.462. The fourth-order valence-corrected chi connectivity index (χ4v) is 2.48. The van der Waals surface area contributed by atoms with Crippen LogP contribution in [0.25, 0.3) is 0 Å². The smallest absolute Gasteiger partial charge is 0.337 e. The lowest BCUT2D eigenvalue weighted by atomic mass is 9.89. The molecule has 0 saturated carbocycles. The van der Waals surface area contributed by atoms with Crippen LogP contribution < -0.4 is 10.6 Å². The molecule has 3 N–H and O–H groups in total. The quantitative estimate of drug-likeness (QED) is 0.747. The van der Waals surface area contributed by atoms with Gasteiger partial charge in [0, 0.05) is 13.6 Å². The lowest BCUT2D eigenvalue weighted by Crippen LogP contribution is -2.29. The van der Waals surface area contributed by atoms with Gasteiger partial charge in [-0.2, -0.15) is 0 Å². The highest BCUT2D eigenvalue weighted by Crippen LogP contribution is 2.31. The number of carbonyl (C=O) groups is 1. The Morgan fingerprint density at radius 3 is 2.94 bits per heavy atom. The van der Waals surface area contributed by atoms with Crippen molar-refractivity contribution in [3.8, 4) is 0 Å². The molecule has 0 aliphatic carbocycles. The molecular weight excluding hydrogens is 216 g/mol. The summed E-state index contributed by atoms with van der Waals surface area (Å²) in [6.45, 7) is 1.99. The highest BCUT2D eigenvalue weighted by molar-refractivity contribution is 5.95. The molecule has 1 unspecified atom stereocenters. The average Bonchev–Trinajstić information content (AvgIpc) is 2.38. The molecule has 1 aromatic carbocycles. The van der Waals surface area contributed by atoms with Gasteiger partial charge in [-0.05, 0) is 36.9 Å². The molecule has 1 fully saturated rings. The molecule has 1 aliphatic heterocycles. The lowest BCUT2D eigenvalue weighted by molar-refractivity contribution is 0.0698. The van der Waals surface area contributed by atoms with E-state index in [9.17, 15) is 4.79 Å². The van der Waals surface area contributed by atoms with Gasteiger partial charge in [-0.1, -0.05) is 12.1 Å². The SMILES string of the molecule is CNc1c(C(=O)O)cccc1C1CCCNC1. The van der Waals surface area contributed by atoms with E-state index in [1.807, 2.05) is 12.1 Å². The number of anilines is 1. The predicted molar refractivity (Wildman–Crippen MR) is 67.8 cm³/mol. The summed E-state index contributed by atoms with van der Waals surface area (Å²) in [6.07, 6.45) is 2.26. The molecule has 0 spiro atoms. The molecule has 17 heavy (non-hydrogen) atoms. The number of carboxylic acid groups (broad SMARTS) is 1. The number of para-hydroxylation sites is 1. The Morgan fingerprint density at radius 1 is 1.53 bits per heavy atom. The van der Waals surface area contributed by atoms with Crippen LogP contribution in [0.15, 0.2) is 18.2 Å². The zero-order valence-electron chi connectivity index (χ0n) is 9.99. The topological polar surface area (TPSA) is 61.4 Å². The van der Waals surface area contributed by atoms with Crippen molar-refractivity contribution >= 4 is 11.7 Å². The van der Waals surface area contributed by atoms with E-state index in [-0.39, 0.29) is 0 Å². The molecule has 1 aromatic rings. The molecule has 1 aliphatic rings. The van der Waals surface area contributed by atoms with E-state index in [1.54, 1.807) is 13.1 Å². The molecule has 0 bridgehead atoms. The van der Waals surface area contributed by atoms with E-state index in [0.717, 1.165) is 37.2 Å². The lowest BCUT2D eigenvalue weighted by Gasteiger charge is -2.25. The van der Waals surface area contributed by atoms with Crippen LogP contribution in [0.2, 0.25) is 0 Å². The van der Waals surface area contributed by atoms with Crippen molar-refractivity contribution in [3.05, 3.63) is 29.3 Å². The van der Waals surface area contributed by atoms with Crippen LogP contribution in [0.5, 0.6) is 0 Å². The Balaban J connectivity index is 2.38. The van der Waals surface area contributed by atoms with Crippen LogP contribution in [-0.4, -0.2) is 31.2 Å². The molecule has 0 amide bonds. The van der Waals surface area contributed by atoms with Gasteiger partial charge >= 0.3 is 5.97 Å². The van der Waals surface area contributed by atoms with Gasteiger partial charge in [-0.3, -0.25) is 0 Å². The minimum absolute atomic E-state index is 0.357. The Bertz CT molecular complexity index is 412. The third-order valence-corrected chi connectivity index (χ3v) is 3.31. The molecule has 1 atom stereocenters. The van der Waals surface area contributed by atoms with Crippen LogP contribution in [0.4, 0.5) is 5.69 Å². The third kappa shape index (κ3) is 2.42. The fourth-order valence-electron chi connectivity index (χ4n) is 2.48. The number of rotatable bonds is 3. The normalized spacial score (nSPS) is 19.9. The number of nitrogens with one attached hydrogen (secondary N) is 2. The number of hydrogen-bond donors (Lipinski definition) is 3. The van der Waals surface area contributed by atoms with Crippen molar-refractivity contribution in [1.29, 1.82) is 0 Å². The molecular formula is C13H18N2O2. The summed E-state index contributed by atoms with van der Waals surface area (Å²) in [5.74, 6) is -0.467. The summed E-state index contributed by atoms with van der Waals surface area (Å²) < 4.78 is 0. The highest BCUT2D eigenvalue weighted by Gasteiger charge is 2.21. The van der Waals surface area contributed by atoms with Gasteiger partial charge in [0.2, 0.25) is 0 Å². The Morgan fingerprint density at radius 2 is 2.35 bits per heavy atom. The van der Waals surface area contributed by atoms with E-state index in [2.05, 4.69) is 10.6 Å². The first-order chi connectivity index (χ1) is 8.24. The predicted octanol–water partition coefficient (Wildman–Crippen LogP) is 1.89. The Labute approximate surface area is 101 Å². The first-order valence-corrected chi connectivity index (χ1v) is 5.98. The van der Waals surface area contributed by atoms with Crippen LogP contribution >= 0.6 is 0 Å². The second-order valence-corrected chi connectivity index (χ2v) is 4.37. The second-order valence-electron chi connectivity index (χ2n) is 4.37. The summed E-state index contributed by atoms with van der Waals surface area (Å²) in [5, 5.41) is 15.6. The third-order valence-electron chi connectivity index (χ3n) is 3.31. The summed E-state index contributed by atoms with van der Waals surface area (Å²) in [4.78, 5) is 11.2. The largest absolute Gasteiger partial charge is 0.478 e. The Kier molecular flexibility index (Phi) is 3.64. The van der Waals surface area contributed by atoms with E-state index < -0.39 is 5.97 Å². The van der Waals surface area contributed by atoms with Crippen LogP contribution in [0, 0.1) is 0 Å². The molecule has 92 valence electrons. The average molecular weight is 234 g/mol. The zero-order valence-corrected chi connectivity index (χ0v) is 9.99. The van der Waals surface area contributed by atoms with E-state index in [4.69, 9.17) is 5.11 Å². The molecule has 0 aromatic heterocycles. The number of benzene rings is 1. The zero-order chi connectivity index (χ0) is 12.3. The number of hydrogen-bond acceptors (Lipinski definition) is 3. The summed E-state index contributed by atoms with van der Waals surface area (Å²) >= 11 is 0. The standard InChI is InChI=1S/C13H18N2O2/c1-14-12-10(9-4-3-7-15-8-9)5-2-6-11(12)13(16)17/h2,5-6,9,14-15H,3-4,7-8H2,1H3,(H,16,17). The first kappa shape index (κ1) is 11.9. The van der Waals surface area contributed by atoms with E-state index in [1.165, 1.54) is 0 Å². The van der Waals surface area contributed by atoms with Gasteiger partial charge in [0.1, 0.15) is 0 Å². The maximum Gasteiger partial charge on any atom is 0.337 e. The van der Waals surface area contributed by atoms with Crippen LogP contribution in [-0.2, 0) is 0 Å². The van der Waals surface area contributed by atoms with E-state index in [0.29, 0.717) is 11.5 Å². The second kappa shape index (κ2) is 5.19. The monoisotopic (exact) mass is 234 g/mol. The molecule has 0 radical (unpaired) electrons. The highest BCUT2D eigenvalue weighted by atomic mass is 16.4. The molecule has 4 nitrogen and oxygen atoms in total. The summed E-state index contributed by atoms with van der Waals surface area (Å²) in [7, 11) is 1.78. The van der Waals surface area contributed by atoms with Crippen molar-refractivity contribution in [1.82, 2.24) is 5.32 Å². The van der Waals surface area contributed by atoms with Gasteiger partial charge < -0.3 is 15.7 Å². The number of piperidine rings is 1. The van der Waals surface area contributed by atoms with Gasteiger partial charge in [0.25, 0.3) is 0 Å². The minimum Gasteiger partial charge on any atom is -0.478 e. The number of carboxylic acids is 1. The summed E-state index contributed by atoms with van der Waals surface area (Å²) in [5.41, 5.74) is 2.23. The van der Waals surface area contributed by atoms with Crippen LogP contribution in [0.1, 0.15) is 34.7 Å². The molecule has 2 rings (SSSR count).